The summed E-state index contributed by atoms with van der Waals surface area (Å²) in [6.07, 6.45) is 3.13. The summed E-state index contributed by atoms with van der Waals surface area (Å²) in [6.45, 7) is 0.842. The van der Waals surface area contributed by atoms with Gasteiger partial charge < -0.3 is 14.5 Å². The fourth-order valence-corrected chi connectivity index (χ4v) is 2.54. The summed E-state index contributed by atoms with van der Waals surface area (Å²) in [7, 11) is 1.89. The molecule has 1 fully saturated rings. The van der Waals surface area contributed by atoms with E-state index in [1.54, 1.807) is 0 Å². The smallest absolute Gasteiger partial charge is 0.237 e. The van der Waals surface area contributed by atoms with E-state index in [9.17, 15) is 0 Å². The van der Waals surface area contributed by atoms with Crippen LogP contribution in [0.1, 0.15) is 36.2 Å². The molecule has 2 heterocycles. The first-order valence-electron chi connectivity index (χ1n) is 7.03. The zero-order valence-electron chi connectivity index (χ0n) is 11.6. The summed E-state index contributed by atoms with van der Waals surface area (Å²) in [5, 5.41) is 11.5. The Morgan fingerprint density at radius 2 is 2.15 bits per heavy atom. The van der Waals surface area contributed by atoms with E-state index in [-0.39, 0.29) is 12.1 Å². The SMILES string of the molecule is CNC(c1ccccc1)c1nnc(CC2CCCO2)o1. The molecule has 1 N–H and O–H groups in total. The predicted molar refractivity (Wildman–Crippen MR) is 74.3 cm³/mol. The van der Waals surface area contributed by atoms with Gasteiger partial charge in [0.25, 0.3) is 0 Å². The Hall–Kier alpha value is -1.72. The van der Waals surface area contributed by atoms with E-state index in [0.717, 1.165) is 25.0 Å². The van der Waals surface area contributed by atoms with Crippen LogP contribution < -0.4 is 5.32 Å². The number of nitrogens with one attached hydrogen (secondary N) is 1. The van der Waals surface area contributed by atoms with E-state index in [0.29, 0.717) is 18.2 Å². The van der Waals surface area contributed by atoms with Crippen LogP contribution in [-0.4, -0.2) is 30.0 Å². The second-order valence-corrected chi connectivity index (χ2v) is 5.01. The van der Waals surface area contributed by atoms with E-state index >= 15 is 0 Å². The van der Waals surface area contributed by atoms with Crippen molar-refractivity contribution in [3.8, 4) is 0 Å². The second-order valence-electron chi connectivity index (χ2n) is 5.01. The third-order valence-corrected chi connectivity index (χ3v) is 3.58. The van der Waals surface area contributed by atoms with Crippen LogP contribution in [0.5, 0.6) is 0 Å². The Labute approximate surface area is 118 Å². The van der Waals surface area contributed by atoms with Crippen molar-refractivity contribution in [2.75, 3.05) is 13.7 Å². The van der Waals surface area contributed by atoms with E-state index in [4.69, 9.17) is 9.15 Å². The maximum atomic E-state index is 5.79. The molecule has 2 aromatic rings. The van der Waals surface area contributed by atoms with Crippen molar-refractivity contribution in [3.63, 3.8) is 0 Å². The molecule has 0 bridgehead atoms. The second kappa shape index (κ2) is 6.15. The number of ether oxygens (including phenoxy) is 1. The standard InChI is InChI=1S/C15H19N3O2/c1-16-14(11-6-3-2-4-7-11)15-18-17-13(20-15)10-12-8-5-9-19-12/h2-4,6-7,12,14,16H,5,8-10H2,1H3. The van der Waals surface area contributed by atoms with Gasteiger partial charge in [-0.3, -0.25) is 0 Å². The van der Waals surface area contributed by atoms with Gasteiger partial charge in [-0.15, -0.1) is 10.2 Å². The van der Waals surface area contributed by atoms with Crippen molar-refractivity contribution in [3.05, 3.63) is 47.7 Å². The van der Waals surface area contributed by atoms with Crippen LogP contribution >= 0.6 is 0 Å². The zero-order chi connectivity index (χ0) is 13.8. The molecule has 1 aromatic carbocycles. The highest BCUT2D eigenvalue weighted by molar-refractivity contribution is 5.23. The van der Waals surface area contributed by atoms with Crippen LogP contribution in [0.2, 0.25) is 0 Å². The molecule has 1 aromatic heterocycles. The molecular weight excluding hydrogens is 254 g/mol. The van der Waals surface area contributed by atoms with Crippen molar-refractivity contribution in [2.24, 2.45) is 0 Å². The molecule has 0 saturated carbocycles. The average Bonchev–Trinajstić information content (AvgIpc) is 3.14. The summed E-state index contributed by atoms with van der Waals surface area (Å²) in [6, 6.07) is 10.0. The Bertz CT molecular complexity index is 535. The van der Waals surface area contributed by atoms with Crippen LogP contribution in [0.3, 0.4) is 0 Å². The molecule has 1 aliphatic rings. The van der Waals surface area contributed by atoms with Gasteiger partial charge in [-0.2, -0.15) is 0 Å². The van der Waals surface area contributed by atoms with Gasteiger partial charge in [0.2, 0.25) is 11.8 Å². The number of rotatable bonds is 5. The molecule has 0 aliphatic carbocycles. The number of hydrogen-bond acceptors (Lipinski definition) is 5. The topological polar surface area (TPSA) is 60.2 Å². The molecule has 2 unspecified atom stereocenters. The predicted octanol–water partition coefficient (Wildman–Crippen LogP) is 2.10. The maximum Gasteiger partial charge on any atom is 0.237 e. The summed E-state index contributed by atoms with van der Waals surface area (Å²) in [5.41, 5.74) is 1.11. The van der Waals surface area contributed by atoms with E-state index in [2.05, 4.69) is 15.5 Å². The highest BCUT2D eigenvalue weighted by Crippen LogP contribution is 2.22. The molecule has 5 nitrogen and oxygen atoms in total. The average molecular weight is 273 g/mol. The third kappa shape index (κ3) is 2.89. The van der Waals surface area contributed by atoms with Gasteiger partial charge in [0.15, 0.2) is 0 Å². The van der Waals surface area contributed by atoms with Crippen molar-refractivity contribution < 1.29 is 9.15 Å². The molecule has 20 heavy (non-hydrogen) atoms. The number of hydrogen-bond donors (Lipinski definition) is 1. The van der Waals surface area contributed by atoms with Crippen LogP contribution in [0, 0.1) is 0 Å². The first-order chi connectivity index (χ1) is 9.86. The highest BCUT2D eigenvalue weighted by Gasteiger charge is 2.22. The Balaban J connectivity index is 1.74. The molecule has 1 aliphatic heterocycles. The van der Waals surface area contributed by atoms with E-state index < -0.39 is 0 Å². The lowest BCUT2D eigenvalue weighted by molar-refractivity contribution is 0.105. The molecule has 1 saturated heterocycles. The fraction of sp³-hybridized carbons (Fsp3) is 0.467. The van der Waals surface area contributed by atoms with Crippen molar-refractivity contribution in [1.29, 1.82) is 0 Å². The molecule has 0 amide bonds. The minimum atomic E-state index is -0.0676. The van der Waals surface area contributed by atoms with Gasteiger partial charge in [0, 0.05) is 6.61 Å². The molecule has 0 radical (unpaired) electrons. The van der Waals surface area contributed by atoms with Gasteiger partial charge in [0.05, 0.1) is 12.5 Å². The fourth-order valence-electron chi connectivity index (χ4n) is 2.54. The first-order valence-corrected chi connectivity index (χ1v) is 7.03. The minimum Gasteiger partial charge on any atom is -0.423 e. The first kappa shape index (κ1) is 13.3. The van der Waals surface area contributed by atoms with Crippen LogP contribution in [0.15, 0.2) is 34.7 Å². The number of benzene rings is 1. The van der Waals surface area contributed by atoms with Crippen LogP contribution in [0.4, 0.5) is 0 Å². The van der Waals surface area contributed by atoms with E-state index in [1.807, 2.05) is 37.4 Å². The lowest BCUT2D eigenvalue weighted by atomic mass is 10.1. The summed E-state index contributed by atoms with van der Waals surface area (Å²) < 4.78 is 11.4. The maximum absolute atomic E-state index is 5.79. The van der Waals surface area contributed by atoms with Gasteiger partial charge >= 0.3 is 0 Å². The molecule has 106 valence electrons. The van der Waals surface area contributed by atoms with Crippen molar-refractivity contribution >= 4 is 0 Å². The van der Waals surface area contributed by atoms with Gasteiger partial charge in [-0.05, 0) is 25.5 Å². The van der Waals surface area contributed by atoms with Crippen LogP contribution in [-0.2, 0) is 11.2 Å². The van der Waals surface area contributed by atoms with Crippen LogP contribution in [0.25, 0.3) is 0 Å². The Morgan fingerprint density at radius 1 is 1.30 bits per heavy atom. The molecule has 2 atom stereocenters. The number of nitrogens with zero attached hydrogens (tertiary/aromatic N) is 2. The van der Waals surface area contributed by atoms with Gasteiger partial charge in [-0.1, -0.05) is 30.3 Å². The minimum absolute atomic E-state index is 0.0676. The molecular formula is C15H19N3O2. The zero-order valence-corrected chi connectivity index (χ0v) is 11.6. The van der Waals surface area contributed by atoms with E-state index in [1.165, 1.54) is 0 Å². The summed E-state index contributed by atoms with van der Waals surface area (Å²) in [5.74, 6) is 1.26. The Morgan fingerprint density at radius 3 is 2.85 bits per heavy atom. The highest BCUT2D eigenvalue weighted by atomic mass is 16.5. The quantitative estimate of drug-likeness (QED) is 0.904. The lowest BCUT2D eigenvalue weighted by Gasteiger charge is -2.11. The Kier molecular flexibility index (Phi) is 4.08. The molecule has 5 heteroatoms. The summed E-state index contributed by atoms with van der Waals surface area (Å²) in [4.78, 5) is 0. The number of aromatic nitrogens is 2. The third-order valence-electron chi connectivity index (χ3n) is 3.58. The largest absolute Gasteiger partial charge is 0.423 e. The lowest BCUT2D eigenvalue weighted by Crippen LogP contribution is -2.17. The molecule has 3 rings (SSSR count). The van der Waals surface area contributed by atoms with Crippen molar-refractivity contribution in [1.82, 2.24) is 15.5 Å². The normalized spacial score (nSPS) is 20.1. The van der Waals surface area contributed by atoms with Crippen molar-refractivity contribution in [2.45, 2.75) is 31.4 Å². The summed E-state index contributed by atoms with van der Waals surface area (Å²) >= 11 is 0. The van der Waals surface area contributed by atoms with Gasteiger partial charge in [-0.25, -0.2) is 0 Å². The van der Waals surface area contributed by atoms with Gasteiger partial charge in [0.1, 0.15) is 6.04 Å². The molecule has 0 spiro atoms. The monoisotopic (exact) mass is 273 g/mol.